The van der Waals surface area contributed by atoms with Crippen LogP contribution in [0.5, 0.6) is 0 Å². The van der Waals surface area contributed by atoms with Crippen LogP contribution in [-0.4, -0.2) is 23.3 Å². The summed E-state index contributed by atoms with van der Waals surface area (Å²) in [5, 5.41) is 12.5. The highest BCUT2D eigenvalue weighted by Crippen LogP contribution is 2.42. The fourth-order valence-corrected chi connectivity index (χ4v) is 1.74. The predicted molar refractivity (Wildman–Crippen MR) is 35.2 cm³/mol. The lowest BCUT2D eigenvalue weighted by molar-refractivity contribution is 0.214. The molecular weight excluding hydrogens is 114 g/mol. The number of hydrogen-bond donors (Lipinski definition) is 2. The molecule has 0 aromatic heterocycles. The number of piperidine rings is 1. The van der Waals surface area contributed by atoms with Crippen LogP contribution in [0.25, 0.3) is 0 Å². The van der Waals surface area contributed by atoms with Gasteiger partial charge in [-0.05, 0) is 25.8 Å². The maximum Gasteiger partial charge on any atom is 0.0741 e. The molecule has 1 saturated heterocycles. The quantitative estimate of drug-likeness (QED) is 0.489. The van der Waals surface area contributed by atoms with Gasteiger partial charge in [0.1, 0.15) is 0 Å². The third kappa shape index (κ3) is 0.775. The molecule has 2 heteroatoms. The molecule has 52 valence electrons. The Labute approximate surface area is 55.3 Å². The van der Waals surface area contributed by atoms with Crippen LogP contribution in [0.3, 0.4) is 0 Å². The van der Waals surface area contributed by atoms with Crippen LogP contribution in [0.15, 0.2) is 0 Å². The summed E-state index contributed by atoms with van der Waals surface area (Å²) in [6.07, 6.45) is 4.73. The first-order valence-corrected chi connectivity index (χ1v) is 3.77. The molecule has 2 fully saturated rings. The number of aliphatic hydroxyl groups excluding tert-OH is 1. The second-order valence-corrected chi connectivity index (χ2v) is 3.26. The predicted octanol–water partition coefficient (Wildman–Crippen LogP) is 0.263. The van der Waals surface area contributed by atoms with Gasteiger partial charge in [-0.2, -0.15) is 0 Å². The van der Waals surface area contributed by atoms with Gasteiger partial charge in [-0.1, -0.05) is 6.42 Å². The molecule has 1 heterocycles. The zero-order chi connectivity index (χ0) is 6.32. The molecule has 0 amide bonds. The largest absolute Gasteiger partial charge is 0.391 e. The Balaban J connectivity index is 1.97. The summed E-state index contributed by atoms with van der Waals surface area (Å²) in [6.45, 7) is 1.11. The summed E-state index contributed by atoms with van der Waals surface area (Å²) >= 11 is 0. The Morgan fingerprint density at radius 1 is 1.44 bits per heavy atom. The number of aliphatic hydroxyl groups is 1. The van der Waals surface area contributed by atoms with Crippen LogP contribution in [0.4, 0.5) is 0 Å². The fraction of sp³-hybridized carbons (Fsp3) is 1.00. The minimum atomic E-state index is -0.0298. The second-order valence-electron chi connectivity index (χ2n) is 3.26. The first-order chi connectivity index (χ1) is 4.33. The van der Waals surface area contributed by atoms with Crippen molar-refractivity contribution in [1.29, 1.82) is 0 Å². The smallest absolute Gasteiger partial charge is 0.0741 e. The van der Waals surface area contributed by atoms with Crippen LogP contribution >= 0.6 is 0 Å². The van der Waals surface area contributed by atoms with Crippen molar-refractivity contribution < 1.29 is 5.11 Å². The molecule has 0 aromatic carbocycles. The Kier molecular flexibility index (Phi) is 1.08. The normalized spacial score (nSPS) is 49.7. The van der Waals surface area contributed by atoms with Crippen LogP contribution in [0, 0.1) is 0 Å². The van der Waals surface area contributed by atoms with Gasteiger partial charge in [-0.25, -0.2) is 0 Å². The van der Waals surface area contributed by atoms with Crippen molar-refractivity contribution in [3.63, 3.8) is 0 Å². The third-order valence-corrected chi connectivity index (χ3v) is 2.56. The van der Waals surface area contributed by atoms with Gasteiger partial charge < -0.3 is 10.4 Å². The van der Waals surface area contributed by atoms with E-state index in [0.717, 1.165) is 13.0 Å². The second kappa shape index (κ2) is 1.70. The third-order valence-electron chi connectivity index (χ3n) is 2.56. The van der Waals surface area contributed by atoms with Crippen molar-refractivity contribution in [2.24, 2.45) is 0 Å². The van der Waals surface area contributed by atoms with Crippen LogP contribution in [-0.2, 0) is 0 Å². The lowest BCUT2D eigenvalue weighted by atomic mass is 10.0. The molecule has 0 aromatic rings. The van der Waals surface area contributed by atoms with Crippen molar-refractivity contribution in [2.75, 3.05) is 6.54 Å². The molecule has 0 bridgehead atoms. The molecule has 1 spiro atoms. The van der Waals surface area contributed by atoms with E-state index in [0.29, 0.717) is 0 Å². The van der Waals surface area contributed by atoms with Crippen molar-refractivity contribution in [3.8, 4) is 0 Å². The lowest BCUT2D eigenvalue weighted by Crippen LogP contribution is -2.39. The minimum Gasteiger partial charge on any atom is -0.391 e. The minimum absolute atomic E-state index is 0.0298. The number of hydrogen-bond acceptors (Lipinski definition) is 2. The van der Waals surface area contributed by atoms with E-state index in [1.807, 2.05) is 0 Å². The average molecular weight is 127 g/mol. The molecule has 9 heavy (non-hydrogen) atoms. The van der Waals surface area contributed by atoms with E-state index in [1.165, 1.54) is 19.3 Å². The number of rotatable bonds is 0. The first-order valence-electron chi connectivity index (χ1n) is 3.77. The van der Waals surface area contributed by atoms with Gasteiger partial charge in [0.2, 0.25) is 0 Å². The molecule has 1 saturated carbocycles. The van der Waals surface area contributed by atoms with Crippen LogP contribution in [0.1, 0.15) is 25.7 Å². The van der Waals surface area contributed by atoms with Crippen LogP contribution in [0.2, 0.25) is 0 Å². The summed E-state index contributed by atoms with van der Waals surface area (Å²) in [5.41, 5.74) is 0.193. The molecule has 2 atom stereocenters. The monoisotopic (exact) mass is 127 g/mol. The Hall–Kier alpha value is -0.0800. The Morgan fingerprint density at radius 3 is 2.56 bits per heavy atom. The molecule has 2 nitrogen and oxygen atoms in total. The summed E-state index contributed by atoms with van der Waals surface area (Å²) < 4.78 is 0. The zero-order valence-electron chi connectivity index (χ0n) is 5.56. The van der Waals surface area contributed by atoms with E-state index in [4.69, 9.17) is 0 Å². The van der Waals surface area contributed by atoms with Crippen molar-refractivity contribution >= 4 is 0 Å². The van der Waals surface area contributed by atoms with Crippen molar-refractivity contribution in [2.45, 2.75) is 37.3 Å². The van der Waals surface area contributed by atoms with Gasteiger partial charge in [0.15, 0.2) is 0 Å². The number of nitrogens with one attached hydrogen (secondary N) is 1. The molecular formula is C7H13NO. The summed E-state index contributed by atoms with van der Waals surface area (Å²) in [7, 11) is 0. The van der Waals surface area contributed by atoms with Gasteiger partial charge in [-0.3, -0.25) is 0 Å². The summed E-state index contributed by atoms with van der Waals surface area (Å²) in [6, 6.07) is 0. The first kappa shape index (κ1) is 5.69. The average Bonchev–Trinajstić information content (AvgIpc) is 2.44. The molecule has 0 radical (unpaired) electrons. The summed E-state index contributed by atoms with van der Waals surface area (Å²) in [5.74, 6) is 0. The molecule has 0 unspecified atom stereocenters. The van der Waals surface area contributed by atoms with Gasteiger partial charge in [-0.15, -0.1) is 0 Å². The highest BCUT2D eigenvalue weighted by Gasteiger charge is 2.53. The van der Waals surface area contributed by atoms with E-state index in [-0.39, 0.29) is 11.6 Å². The molecule has 1 aliphatic heterocycles. The van der Waals surface area contributed by atoms with E-state index < -0.39 is 0 Å². The topological polar surface area (TPSA) is 32.3 Å². The van der Waals surface area contributed by atoms with Crippen molar-refractivity contribution in [3.05, 3.63) is 0 Å². The highest BCUT2D eigenvalue weighted by atomic mass is 16.3. The highest BCUT2D eigenvalue weighted by molar-refractivity contribution is 5.12. The zero-order valence-corrected chi connectivity index (χ0v) is 5.56. The molecule has 2 aliphatic rings. The lowest BCUT2D eigenvalue weighted by Gasteiger charge is -2.22. The molecule has 2 N–H and O–H groups in total. The van der Waals surface area contributed by atoms with Crippen molar-refractivity contribution in [1.82, 2.24) is 5.32 Å². The van der Waals surface area contributed by atoms with Gasteiger partial charge in [0, 0.05) is 5.54 Å². The van der Waals surface area contributed by atoms with E-state index in [1.54, 1.807) is 0 Å². The molecule has 2 rings (SSSR count). The fourth-order valence-electron chi connectivity index (χ4n) is 1.74. The standard InChI is InChI=1S/C7H13NO/c9-6-5-7(6)3-1-2-4-8-7/h6,8-9H,1-5H2/t6-,7-/m0/s1. The van der Waals surface area contributed by atoms with Gasteiger partial charge in [0.25, 0.3) is 0 Å². The van der Waals surface area contributed by atoms with Gasteiger partial charge >= 0.3 is 0 Å². The Bertz CT molecular complexity index is 118. The van der Waals surface area contributed by atoms with Gasteiger partial charge in [0.05, 0.1) is 6.10 Å². The summed E-state index contributed by atoms with van der Waals surface area (Å²) in [4.78, 5) is 0. The maximum absolute atomic E-state index is 9.18. The van der Waals surface area contributed by atoms with E-state index in [2.05, 4.69) is 5.32 Å². The van der Waals surface area contributed by atoms with Crippen LogP contribution < -0.4 is 5.32 Å². The van der Waals surface area contributed by atoms with E-state index >= 15 is 0 Å². The SMILES string of the molecule is O[C@H]1C[C@@]12CCCCN2. The maximum atomic E-state index is 9.18. The Morgan fingerprint density at radius 2 is 2.22 bits per heavy atom. The van der Waals surface area contributed by atoms with E-state index in [9.17, 15) is 5.11 Å². The molecule has 1 aliphatic carbocycles.